The zero-order chi connectivity index (χ0) is 44.8. The van der Waals surface area contributed by atoms with Crippen molar-refractivity contribution in [2.75, 3.05) is 26.6 Å². The summed E-state index contributed by atoms with van der Waals surface area (Å²) in [6.07, 6.45) is 0. The van der Waals surface area contributed by atoms with Crippen molar-refractivity contribution in [1.29, 1.82) is 0 Å². The molecule has 6 aromatic carbocycles. The molecule has 0 aliphatic carbocycles. The summed E-state index contributed by atoms with van der Waals surface area (Å²) in [6, 6.07) is 49.4. The first-order valence-electron chi connectivity index (χ1n) is 20.4. The average Bonchev–Trinajstić information content (AvgIpc) is 3.90. The van der Waals surface area contributed by atoms with Crippen molar-refractivity contribution in [1.82, 2.24) is 4.48 Å². The van der Waals surface area contributed by atoms with Crippen molar-refractivity contribution < 1.29 is 45.1 Å². The maximum absolute atomic E-state index is 14.8. The number of para-hydroxylation sites is 2. The zero-order valence-electron chi connectivity index (χ0n) is 34.8. The Morgan fingerprint density at radius 2 is 1.00 bits per heavy atom. The molecule has 0 bridgehead atoms. The third-order valence-corrected chi connectivity index (χ3v) is 10.5. The maximum atomic E-state index is 14.8. The number of aromatic nitrogens is 1. The van der Waals surface area contributed by atoms with Crippen molar-refractivity contribution in [2.24, 2.45) is 4.99 Å². The fourth-order valence-electron chi connectivity index (χ4n) is 7.33. The molecule has 64 heavy (non-hydrogen) atoms. The number of aryl methyl sites for hydroxylation is 1. The fraction of sp³-hybridized carbons (Fsp3) is 0.157. The number of halogens is 6. The van der Waals surface area contributed by atoms with Gasteiger partial charge in [0.15, 0.2) is 13.3 Å². The number of allylic oxidation sites excluding steroid dienone is 1. The maximum Gasteiger partial charge on any atom is 0.598 e. The highest BCUT2D eigenvalue weighted by atomic mass is 19.3. The molecule has 324 valence electrons. The highest BCUT2D eigenvalue weighted by Crippen LogP contribution is 2.44. The monoisotopic (exact) mass is 870 g/mol. The second kappa shape index (κ2) is 18.9. The van der Waals surface area contributed by atoms with Gasteiger partial charge in [-0.3, -0.25) is 0 Å². The van der Waals surface area contributed by atoms with E-state index >= 15 is 0 Å². The Morgan fingerprint density at radius 3 is 1.52 bits per heavy atom. The van der Waals surface area contributed by atoms with Crippen LogP contribution in [0.2, 0.25) is 0 Å². The molecule has 7 aromatic rings. The van der Waals surface area contributed by atoms with Gasteiger partial charge in [-0.25, -0.2) is 31.3 Å². The van der Waals surface area contributed by atoms with Gasteiger partial charge in [0.1, 0.15) is 23.0 Å². The molecule has 6 nitrogen and oxygen atoms in total. The summed E-state index contributed by atoms with van der Waals surface area (Å²) < 4.78 is 111. The van der Waals surface area contributed by atoms with E-state index in [2.05, 4.69) is 0 Å². The number of rotatable bonds is 17. The van der Waals surface area contributed by atoms with Crippen molar-refractivity contribution in [2.45, 2.75) is 25.7 Å². The SMILES string of the molecule is C/C(=C1/N=C(c2ccc(C)cc2)c2ccccc21)c1c(-c2ccc(Oc3ccccc3)cc2)cc(-c2ccc(Oc3ccccc3)cc2)n1B(OCC(F)(F)CF)OCC(F)(F)CF. The van der Waals surface area contributed by atoms with Gasteiger partial charge < -0.3 is 23.3 Å². The Labute approximate surface area is 367 Å². The molecule has 1 aliphatic heterocycles. The number of hydrogen-bond donors (Lipinski definition) is 0. The third-order valence-electron chi connectivity index (χ3n) is 10.5. The second-order valence-corrected chi connectivity index (χ2v) is 15.3. The van der Waals surface area contributed by atoms with E-state index in [1.165, 1.54) is 4.48 Å². The van der Waals surface area contributed by atoms with Gasteiger partial charge in [0.05, 0.1) is 24.6 Å². The summed E-state index contributed by atoms with van der Waals surface area (Å²) in [4.78, 5) is 5.18. The molecule has 13 heteroatoms. The van der Waals surface area contributed by atoms with Crippen LogP contribution < -0.4 is 9.47 Å². The normalized spacial score (nSPS) is 13.3. The van der Waals surface area contributed by atoms with Gasteiger partial charge in [-0.1, -0.05) is 103 Å². The fourth-order valence-corrected chi connectivity index (χ4v) is 7.33. The van der Waals surface area contributed by atoms with Crippen LogP contribution in [0.25, 0.3) is 33.7 Å². The Balaban J connectivity index is 1.37. The number of aliphatic imine (C=N–C) groups is 1. The molecule has 0 radical (unpaired) electrons. The average molecular weight is 871 g/mol. The van der Waals surface area contributed by atoms with E-state index < -0.39 is 45.7 Å². The first kappa shape index (κ1) is 43.8. The third kappa shape index (κ3) is 9.86. The summed E-state index contributed by atoms with van der Waals surface area (Å²) in [6.45, 7) is -3.52. The Bertz CT molecular complexity index is 2740. The van der Waals surface area contributed by atoms with Crippen LogP contribution in [0, 0.1) is 6.92 Å². The van der Waals surface area contributed by atoms with Crippen molar-refractivity contribution in [3.05, 3.63) is 192 Å². The molecule has 0 saturated heterocycles. The first-order chi connectivity index (χ1) is 30.9. The molecule has 0 spiro atoms. The van der Waals surface area contributed by atoms with Crippen LogP contribution in [-0.2, 0) is 9.31 Å². The second-order valence-electron chi connectivity index (χ2n) is 15.3. The van der Waals surface area contributed by atoms with Gasteiger partial charge in [0.25, 0.3) is 11.8 Å². The minimum atomic E-state index is -4.02. The van der Waals surface area contributed by atoms with E-state index in [9.17, 15) is 26.3 Å². The van der Waals surface area contributed by atoms with E-state index in [-0.39, 0.29) is 11.4 Å². The Morgan fingerprint density at radius 1 is 0.547 bits per heavy atom. The van der Waals surface area contributed by atoms with Gasteiger partial charge in [0.2, 0.25) is 0 Å². The van der Waals surface area contributed by atoms with Crippen LogP contribution in [0.5, 0.6) is 23.0 Å². The van der Waals surface area contributed by atoms with E-state index in [1.807, 2.05) is 104 Å². The smallest absolute Gasteiger partial charge is 0.457 e. The number of nitrogens with zero attached hydrogens (tertiary/aromatic N) is 2. The summed E-state index contributed by atoms with van der Waals surface area (Å²) >= 11 is 0. The molecule has 1 aliphatic rings. The number of alkyl halides is 6. The lowest BCUT2D eigenvalue weighted by molar-refractivity contribution is -0.0824. The molecule has 2 heterocycles. The topological polar surface area (TPSA) is 54.2 Å². The largest absolute Gasteiger partial charge is 0.598 e. The van der Waals surface area contributed by atoms with E-state index in [0.29, 0.717) is 56.7 Å². The molecule has 0 atom stereocenters. The van der Waals surface area contributed by atoms with E-state index in [1.54, 1.807) is 73.7 Å². The first-order valence-corrected chi connectivity index (χ1v) is 20.4. The van der Waals surface area contributed by atoms with Crippen molar-refractivity contribution >= 4 is 24.2 Å². The van der Waals surface area contributed by atoms with Crippen molar-refractivity contribution in [3.8, 4) is 45.4 Å². The lowest BCUT2D eigenvalue weighted by atomic mass is 9.94. The summed E-state index contributed by atoms with van der Waals surface area (Å²) in [5, 5.41) is 0. The molecule has 0 N–H and O–H groups in total. The van der Waals surface area contributed by atoms with Gasteiger partial charge in [-0.15, -0.1) is 0 Å². The van der Waals surface area contributed by atoms with Gasteiger partial charge in [-0.2, -0.15) is 0 Å². The minimum absolute atomic E-state index is 0.270. The summed E-state index contributed by atoms with van der Waals surface area (Å²) in [7, 11) is -2.07. The predicted octanol–water partition coefficient (Wildman–Crippen LogP) is 13.5. The molecule has 1 aromatic heterocycles. The highest BCUT2D eigenvalue weighted by molar-refractivity contribution is 6.44. The van der Waals surface area contributed by atoms with Gasteiger partial charge in [-0.05, 0) is 97.3 Å². The molecule has 0 unspecified atom stereocenters. The van der Waals surface area contributed by atoms with E-state index in [4.69, 9.17) is 23.8 Å². The Hall–Kier alpha value is -6.83. The van der Waals surface area contributed by atoms with Crippen LogP contribution in [0.1, 0.15) is 34.9 Å². The van der Waals surface area contributed by atoms with Crippen molar-refractivity contribution in [3.63, 3.8) is 0 Å². The molecule has 0 amide bonds. The molecule has 0 saturated carbocycles. The lowest BCUT2D eigenvalue weighted by Crippen LogP contribution is -2.42. The highest BCUT2D eigenvalue weighted by Gasteiger charge is 2.40. The van der Waals surface area contributed by atoms with Crippen LogP contribution in [0.4, 0.5) is 26.3 Å². The number of benzene rings is 6. The van der Waals surface area contributed by atoms with Gasteiger partial charge in [0, 0.05) is 33.6 Å². The summed E-state index contributed by atoms with van der Waals surface area (Å²) in [5.41, 5.74) is 7.26. The number of hydrogen-bond acceptors (Lipinski definition) is 5. The van der Waals surface area contributed by atoms with Crippen LogP contribution in [-0.4, -0.2) is 55.9 Å². The molecule has 0 fully saturated rings. The minimum Gasteiger partial charge on any atom is -0.457 e. The molecule has 8 rings (SSSR count). The molecular formula is C51H41BF6N2O4. The summed E-state index contributed by atoms with van der Waals surface area (Å²) in [5.74, 6) is -5.86. The van der Waals surface area contributed by atoms with Crippen LogP contribution in [0.3, 0.4) is 0 Å². The van der Waals surface area contributed by atoms with Crippen LogP contribution >= 0.6 is 0 Å². The standard InChI is InChI=1S/C51H41BF6N2O4/c1-34-17-19-38(20-18-34)48-44-16-10-9-15-43(44)47(59-48)35(2)49-45(36-21-25-41(26-22-36)63-39-11-5-3-6-12-39)29-46(37-23-27-42(28-24-37)64-40-13-7-4-8-14-40)60(49)52(61-32-50(55,56)30-53)62-33-51(57,58)31-54/h3-29H,30-33H2,1-2H3/b47-35-. The number of ether oxygens (including phenoxy) is 2. The zero-order valence-corrected chi connectivity index (χ0v) is 34.8. The van der Waals surface area contributed by atoms with Gasteiger partial charge >= 0.3 is 7.25 Å². The van der Waals surface area contributed by atoms with Crippen LogP contribution in [0.15, 0.2) is 169 Å². The van der Waals surface area contributed by atoms with E-state index in [0.717, 1.165) is 22.3 Å². The quantitative estimate of drug-likeness (QED) is 0.0676. The predicted molar refractivity (Wildman–Crippen MR) is 239 cm³/mol. The lowest BCUT2D eigenvalue weighted by Gasteiger charge is -2.25. The Kier molecular flexibility index (Phi) is 12.9. The molecular weight excluding hydrogens is 829 g/mol. The number of fused-ring (bicyclic) bond motifs is 1.